The Morgan fingerprint density at radius 2 is 1.92 bits per heavy atom. The maximum Gasteiger partial charge on any atom is 0.123 e. The first-order chi connectivity index (χ1) is 18.2. The van der Waals surface area contributed by atoms with Crippen LogP contribution in [0.5, 0.6) is 0 Å². The van der Waals surface area contributed by atoms with Gasteiger partial charge in [0.1, 0.15) is 18.5 Å². The van der Waals surface area contributed by atoms with Crippen LogP contribution in [0.1, 0.15) is 30.0 Å². The average Bonchev–Trinajstić information content (AvgIpc) is 3.71. The van der Waals surface area contributed by atoms with E-state index in [-0.39, 0.29) is 11.9 Å². The summed E-state index contributed by atoms with van der Waals surface area (Å²) in [4.78, 5) is 10.3. The van der Waals surface area contributed by atoms with Crippen LogP contribution in [0, 0.1) is 5.82 Å². The molecule has 8 nitrogen and oxygen atoms in total. The van der Waals surface area contributed by atoms with Crippen LogP contribution < -0.4 is 5.32 Å². The second kappa shape index (κ2) is 10.7. The fraction of sp³-hybridized carbons (Fsp3) is 0.321. The number of aromatic amines is 1. The molecule has 3 aromatic heterocycles. The molecule has 1 aliphatic heterocycles. The van der Waals surface area contributed by atoms with Gasteiger partial charge in [-0.15, -0.1) is 10.2 Å². The quantitative estimate of drug-likeness (QED) is 0.320. The van der Waals surface area contributed by atoms with Crippen LogP contribution in [0.15, 0.2) is 80.0 Å². The van der Waals surface area contributed by atoms with Gasteiger partial charge in [-0.25, -0.2) is 9.37 Å². The number of H-pyrrole nitrogens is 1. The van der Waals surface area contributed by atoms with Crippen LogP contribution in [-0.4, -0.2) is 59.9 Å². The lowest BCUT2D eigenvalue weighted by Crippen LogP contribution is -2.53. The largest absolute Gasteiger partial charge is 0.361 e. The maximum atomic E-state index is 13.7. The third kappa shape index (κ3) is 5.19. The molecule has 5 aromatic rings. The molecule has 0 saturated carbocycles. The first kappa shape index (κ1) is 23.6. The zero-order chi connectivity index (χ0) is 25.0. The molecule has 1 saturated heterocycles. The van der Waals surface area contributed by atoms with E-state index in [2.05, 4.69) is 59.3 Å². The maximum absolute atomic E-state index is 13.7. The molecule has 0 aliphatic carbocycles. The number of benzene rings is 2. The number of aryl methyl sites for hydroxylation is 1. The number of aromatic nitrogens is 6. The topological polar surface area (TPSA) is 79.6 Å². The van der Waals surface area contributed by atoms with Gasteiger partial charge in [0, 0.05) is 67.4 Å². The van der Waals surface area contributed by atoms with Crippen molar-refractivity contribution in [2.75, 3.05) is 19.6 Å². The summed E-state index contributed by atoms with van der Waals surface area (Å²) in [7, 11) is 0. The summed E-state index contributed by atoms with van der Waals surface area (Å²) in [6, 6.07) is 13.9. The number of nitrogens with zero attached hydrogens (tertiary/aromatic N) is 6. The van der Waals surface area contributed by atoms with E-state index in [4.69, 9.17) is 0 Å². The number of hydrogen-bond donors (Lipinski definition) is 2. The minimum absolute atomic E-state index is 0.154. The molecule has 4 heterocycles. The van der Waals surface area contributed by atoms with Crippen molar-refractivity contribution in [2.24, 2.45) is 0 Å². The van der Waals surface area contributed by atoms with Crippen LogP contribution in [0.25, 0.3) is 16.6 Å². The fourth-order valence-electron chi connectivity index (χ4n) is 5.53. The molecule has 2 atom stereocenters. The number of hydrogen-bond acceptors (Lipinski definition) is 5. The number of fused-ring (bicyclic) bond motifs is 1. The van der Waals surface area contributed by atoms with E-state index in [1.54, 1.807) is 24.8 Å². The molecular weight excluding hydrogens is 467 g/mol. The zero-order valence-corrected chi connectivity index (χ0v) is 20.7. The second-order valence-electron chi connectivity index (χ2n) is 9.73. The van der Waals surface area contributed by atoms with Gasteiger partial charge >= 0.3 is 0 Å². The monoisotopic (exact) mass is 498 g/mol. The Hall–Kier alpha value is -3.82. The van der Waals surface area contributed by atoms with Gasteiger partial charge in [-0.05, 0) is 60.7 Å². The molecule has 2 unspecified atom stereocenters. The molecule has 1 fully saturated rings. The summed E-state index contributed by atoms with van der Waals surface area (Å²) in [5.41, 5.74) is 4.67. The van der Waals surface area contributed by atoms with E-state index in [9.17, 15) is 4.39 Å². The van der Waals surface area contributed by atoms with Gasteiger partial charge in [-0.1, -0.05) is 12.1 Å². The number of halogens is 1. The van der Waals surface area contributed by atoms with Crippen LogP contribution in [0.3, 0.4) is 0 Å². The molecule has 190 valence electrons. The molecule has 2 aromatic carbocycles. The Balaban J connectivity index is 1.18. The predicted molar refractivity (Wildman–Crippen MR) is 141 cm³/mol. The van der Waals surface area contributed by atoms with Gasteiger partial charge in [0.15, 0.2) is 0 Å². The SMILES string of the molecule is Fc1ccc(C(Cn2ccnc2)N2CCNCC2CCCc2c[nH]c3ccc(-n4cnnc4)cc23)cc1. The lowest BCUT2D eigenvalue weighted by molar-refractivity contribution is 0.0877. The number of imidazole rings is 1. The fourth-order valence-corrected chi connectivity index (χ4v) is 5.53. The van der Waals surface area contributed by atoms with Crippen molar-refractivity contribution in [3.05, 3.63) is 97.0 Å². The van der Waals surface area contributed by atoms with Gasteiger partial charge in [0.05, 0.1) is 12.4 Å². The molecule has 0 radical (unpaired) electrons. The highest BCUT2D eigenvalue weighted by Crippen LogP contribution is 2.29. The van der Waals surface area contributed by atoms with Gasteiger partial charge < -0.3 is 14.9 Å². The number of rotatable bonds is 9. The molecule has 9 heteroatoms. The van der Waals surface area contributed by atoms with Crippen molar-refractivity contribution >= 4 is 10.9 Å². The van der Waals surface area contributed by atoms with E-state index >= 15 is 0 Å². The van der Waals surface area contributed by atoms with E-state index in [0.717, 1.165) is 62.2 Å². The van der Waals surface area contributed by atoms with E-state index in [0.29, 0.717) is 6.04 Å². The predicted octanol–water partition coefficient (Wildman–Crippen LogP) is 4.12. The van der Waals surface area contributed by atoms with Crippen LogP contribution in [0.4, 0.5) is 4.39 Å². The van der Waals surface area contributed by atoms with Crippen molar-refractivity contribution in [3.63, 3.8) is 0 Å². The van der Waals surface area contributed by atoms with Gasteiger partial charge in [-0.2, -0.15) is 0 Å². The van der Waals surface area contributed by atoms with Gasteiger partial charge in [0.25, 0.3) is 0 Å². The molecular formula is C28H31FN8. The lowest BCUT2D eigenvalue weighted by Gasteiger charge is -2.42. The van der Waals surface area contributed by atoms with Crippen LogP contribution in [-0.2, 0) is 13.0 Å². The molecule has 37 heavy (non-hydrogen) atoms. The highest BCUT2D eigenvalue weighted by atomic mass is 19.1. The summed E-state index contributed by atoms with van der Waals surface area (Å²) in [5.74, 6) is -0.201. The Kier molecular flexibility index (Phi) is 6.79. The Labute approximate surface area is 215 Å². The molecule has 6 rings (SSSR count). The summed E-state index contributed by atoms with van der Waals surface area (Å²) in [5, 5.41) is 12.7. The lowest BCUT2D eigenvalue weighted by atomic mass is 9.97. The third-order valence-corrected chi connectivity index (χ3v) is 7.45. The molecule has 2 N–H and O–H groups in total. The summed E-state index contributed by atoms with van der Waals surface area (Å²) in [6.45, 7) is 3.65. The highest BCUT2D eigenvalue weighted by Gasteiger charge is 2.30. The molecule has 0 amide bonds. The van der Waals surface area contributed by atoms with Crippen molar-refractivity contribution in [2.45, 2.75) is 37.9 Å². The van der Waals surface area contributed by atoms with Crippen LogP contribution >= 0.6 is 0 Å². The number of piperazine rings is 1. The first-order valence-electron chi connectivity index (χ1n) is 12.9. The number of nitrogens with one attached hydrogen (secondary N) is 2. The molecule has 0 bridgehead atoms. The minimum Gasteiger partial charge on any atom is -0.361 e. The van der Waals surface area contributed by atoms with E-state index in [1.807, 2.05) is 35.4 Å². The first-order valence-corrected chi connectivity index (χ1v) is 12.9. The van der Waals surface area contributed by atoms with Crippen molar-refractivity contribution in [1.29, 1.82) is 0 Å². The standard InChI is InChI=1S/C28H31FN8/c29-23-6-4-21(5-7-23)28(17-35-12-10-31-18-35)37-13-11-30-16-25(37)3-1-2-22-15-32-27-9-8-24(14-26(22)27)36-19-33-34-20-36/h4-10,12,14-15,18-20,25,28,30,32H,1-3,11,13,16-17H2. The van der Waals surface area contributed by atoms with Crippen molar-refractivity contribution < 1.29 is 4.39 Å². The zero-order valence-electron chi connectivity index (χ0n) is 20.7. The average molecular weight is 499 g/mol. The van der Waals surface area contributed by atoms with Crippen molar-refractivity contribution in [1.82, 2.24) is 39.5 Å². The Bertz CT molecular complexity index is 1410. The smallest absolute Gasteiger partial charge is 0.123 e. The molecule has 1 aliphatic rings. The summed E-state index contributed by atoms with van der Waals surface area (Å²) < 4.78 is 17.8. The second-order valence-corrected chi connectivity index (χ2v) is 9.73. The molecule has 0 spiro atoms. The Morgan fingerprint density at radius 3 is 2.73 bits per heavy atom. The van der Waals surface area contributed by atoms with Crippen molar-refractivity contribution in [3.8, 4) is 5.69 Å². The van der Waals surface area contributed by atoms with Crippen LogP contribution in [0.2, 0.25) is 0 Å². The normalized spacial score (nSPS) is 17.4. The highest BCUT2D eigenvalue weighted by molar-refractivity contribution is 5.85. The van der Waals surface area contributed by atoms with E-state index < -0.39 is 0 Å². The summed E-state index contributed by atoms with van der Waals surface area (Å²) in [6.07, 6.45) is 14.4. The summed E-state index contributed by atoms with van der Waals surface area (Å²) >= 11 is 0. The Morgan fingerprint density at radius 1 is 1.05 bits per heavy atom. The van der Waals surface area contributed by atoms with Gasteiger partial charge in [0.2, 0.25) is 0 Å². The van der Waals surface area contributed by atoms with E-state index in [1.165, 1.54) is 10.9 Å². The van der Waals surface area contributed by atoms with Gasteiger partial charge in [-0.3, -0.25) is 9.47 Å². The minimum atomic E-state index is -0.201. The third-order valence-electron chi connectivity index (χ3n) is 7.45.